The molecule has 3 rings (SSSR count). The average molecular weight is 335 g/mol. The van der Waals surface area contributed by atoms with E-state index >= 15 is 0 Å². The smallest absolute Gasteiger partial charge is 0.231 e. The molecule has 2 heterocycles. The van der Waals surface area contributed by atoms with Crippen LogP contribution in [0.15, 0.2) is 35.7 Å². The monoisotopic (exact) mass is 335 g/mol. The third-order valence-electron chi connectivity index (χ3n) is 3.63. The number of hydrogen-bond acceptors (Lipinski definition) is 5. The second-order valence-corrected chi connectivity index (χ2v) is 7.26. The Bertz CT molecular complexity index is 650. The number of amides is 1. The first-order valence-corrected chi connectivity index (χ1v) is 8.74. The Balaban J connectivity index is 2.12. The quantitative estimate of drug-likeness (QED) is 0.912. The number of ether oxygens (including phenoxy) is 2. The molecular formula is C16H17NO3S2. The van der Waals surface area contributed by atoms with Crippen LogP contribution in [0.3, 0.4) is 0 Å². The van der Waals surface area contributed by atoms with Gasteiger partial charge in [0.15, 0.2) is 0 Å². The molecule has 116 valence electrons. The van der Waals surface area contributed by atoms with E-state index in [9.17, 15) is 4.79 Å². The zero-order valence-corrected chi connectivity index (χ0v) is 14.1. The van der Waals surface area contributed by atoms with E-state index in [0.29, 0.717) is 12.2 Å². The lowest BCUT2D eigenvalue weighted by atomic mass is 9.99. The molecule has 1 aliphatic heterocycles. The highest BCUT2D eigenvalue weighted by atomic mass is 32.2. The summed E-state index contributed by atoms with van der Waals surface area (Å²) in [7, 11) is 3.27. The summed E-state index contributed by atoms with van der Waals surface area (Å²) in [5.74, 6) is 1.93. The molecule has 1 unspecified atom stereocenters. The van der Waals surface area contributed by atoms with Gasteiger partial charge in [-0.1, -0.05) is 12.1 Å². The normalized spacial score (nSPS) is 20.7. The minimum atomic E-state index is -0.556. The summed E-state index contributed by atoms with van der Waals surface area (Å²) < 4.78 is 11.1. The highest BCUT2D eigenvalue weighted by molar-refractivity contribution is 8.01. The van der Waals surface area contributed by atoms with Crippen LogP contribution >= 0.6 is 23.1 Å². The Labute approximate surface area is 137 Å². The molecule has 1 atom stereocenters. The van der Waals surface area contributed by atoms with Crippen molar-refractivity contribution in [2.24, 2.45) is 0 Å². The molecule has 1 aromatic carbocycles. The summed E-state index contributed by atoms with van der Waals surface area (Å²) in [6, 6.07) is 9.80. The van der Waals surface area contributed by atoms with Crippen LogP contribution < -0.4 is 14.8 Å². The third kappa shape index (κ3) is 2.68. The van der Waals surface area contributed by atoms with E-state index < -0.39 is 4.87 Å². The lowest BCUT2D eigenvalue weighted by Gasteiger charge is -2.31. The van der Waals surface area contributed by atoms with Gasteiger partial charge in [0.2, 0.25) is 5.91 Å². The molecule has 0 bridgehead atoms. The maximum atomic E-state index is 11.9. The number of benzene rings is 1. The van der Waals surface area contributed by atoms with Crippen LogP contribution in [0.1, 0.15) is 10.4 Å². The van der Waals surface area contributed by atoms with E-state index in [0.717, 1.165) is 17.1 Å². The standard InChI is InChI=1S/C16H17NO3S2/c1-19-12-6-3-7-13(20-2)15(12)16(17-14(18)10-22-16)9-11-5-4-8-21-11/h3-8H,9-10H2,1-2H3,(H,17,18). The van der Waals surface area contributed by atoms with Crippen LogP contribution in [0, 0.1) is 0 Å². The average Bonchev–Trinajstić information content (AvgIpc) is 3.17. The van der Waals surface area contributed by atoms with Crippen molar-refractivity contribution in [2.75, 3.05) is 20.0 Å². The molecule has 0 aliphatic carbocycles. The van der Waals surface area contributed by atoms with Crippen molar-refractivity contribution in [2.45, 2.75) is 11.3 Å². The zero-order valence-electron chi connectivity index (χ0n) is 12.4. The number of hydrogen-bond donors (Lipinski definition) is 1. The van der Waals surface area contributed by atoms with Gasteiger partial charge in [0.1, 0.15) is 16.4 Å². The molecule has 0 saturated carbocycles. The van der Waals surface area contributed by atoms with Gasteiger partial charge in [0.25, 0.3) is 0 Å². The fourth-order valence-corrected chi connectivity index (χ4v) is 4.83. The van der Waals surface area contributed by atoms with Gasteiger partial charge in [-0.3, -0.25) is 4.79 Å². The molecule has 1 amide bonds. The molecule has 1 N–H and O–H groups in total. The summed E-state index contributed by atoms with van der Waals surface area (Å²) in [6.07, 6.45) is 0.706. The number of rotatable bonds is 5. The molecule has 1 fully saturated rings. The van der Waals surface area contributed by atoms with Crippen molar-refractivity contribution < 1.29 is 14.3 Å². The summed E-state index contributed by atoms with van der Waals surface area (Å²) in [6.45, 7) is 0. The highest BCUT2D eigenvalue weighted by Gasteiger charge is 2.44. The molecule has 1 aliphatic rings. The predicted molar refractivity (Wildman–Crippen MR) is 89.8 cm³/mol. The lowest BCUT2D eigenvalue weighted by Crippen LogP contribution is -2.39. The van der Waals surface area contributed by atoms with Crippen LogP contribution in [0.2, 0.25) is 0 Å². The van der Waals surface area contributed by atoms with Crippen LogP contribution in [0.25, 0.3) is 0 Å². The Morgan fingerprint density at radius 1 is 1.18 bits per heavy atom. The minimum absolute atomic E-state index is 0.0366. The van der Waals surface area contributed by atoms with E-state index in [2.05, 4.69) is 11.4 Å². The Kier molecular flexibility index (Phi) is 4.31. The van der Waals surface area contributed by atoms with Crippen molar-refractivity contribution in [3.8, 4) is 11.5 Å². The van der Waals surface area contributed by atoms with Crippen molar-refractivity contribution in [3.05, 3.63) is 46.2 Å². The van der Waals surface area contributed by atoms with Crippen molar-refractivity contribution in [1.82, 2.24) is 5.32 Å². The first-order valence-electron chi connectivity index (χ1n) is 6.87. The molecule has 0 spiro atoms. The number of carbonyl (C=O) groups is 1. The Morgan fingerprint density at radius 2 is 1.91 bits per heavy atom. The van der Waals surface area contributed by atoms with Gasteiger partial charge in [-0.2, -0.15) is 0 Å². The number of methoxy groups -OCH3 is 2. The maximum absolute atomic E-state index is 11.9. The van der Waals surface area contributed by atoms with Gasteiger partial charge in [-0.15, -0.1) is 23.1 Å². The molecule has 1 aromatic heterocycles. The molecule has 2 aromatic rings. The van der Waals surface area contributed by atoms with E-state index in [1.807, 2.05) is 29.6 Å². The maximum Gasteiger partial charge on any atom is 0.231 e. The van der Waals surface area contributed by atoms with Gasteiger partial charge in [0.05, 0.1) is 25.5 Å². The molecule has 4 nitrogen and oxygen atoms in total. The topological polar surface area (TPSA) is 47.6 Å². The van der Waals surface area contributed by atoms with Gasteiger partial charge in [0, 0.05) is 11.3 Å². The minimum Gasteiger partial charge on any atom is -0.496 e. The van der Waals surface area contributed by atoms with Crippen LogP contribution in [0.4, 0.5) is 0 Å². The number of nitrogens with one attached hydrogen (secondary N) is 1. The van der Waals surface area contributed by atoms with Gasteiger partial charge in [-0.05, 0) is 23.6 Å². The lowest BCUT2D eigenvalue weighted by molar-refractivity contribution is -0.118. The zero-order chi connectivity index (χ0) is 15.6. The van der Waals surface area contributed by atoms with Crippen molar-refractivity contribution >= 4 is 29.0 Å². The summed E-state index contributed by atoms with van der Waals surface area (Å²) in [4.78, 5) is 12.6. The Morgan fingerprint density at radius 3 is 2.41 bits per heavy atom. The molecule has 0 radical (unpaired) electrons. The van der Waals surface area contributed by atoms with Crippen LogP contribution in [-0.2, 0) is 16.1 Å². The van der Waals surface area contributed by atoms with Crippen LogP contribution in [-0.4, -0.2) is 25.9 Å². The Hall–Kier alpha value is -1.66. The van der Waals surface area contributed by atoms with Crippen LogP contribution in [0.5, 0.6) is 11.5 Å². The first kappa shape index (κ1) is 15.2. The fraction of sp³-hybridized carbons (Fsp3) is 0.312. The second kappa shape index (κ2) is 6.22. The first-order chi connectivity index (χ1) is 10.7. The largest absolute Gasteiger partial charge is 0.496 e. The highest BCUT2D eigenvalue weighted by Crippen LogP contribution is 2.49. The molecule has 6 heteroatoms. The summed E-state index contributed by atoms with van der Waals surface area (Å²) >= 11 is 3.28. The number of thioether (sulfide) groups is 1. The molecular weight excluding hydrogens is 318 g/mol. The van der Waals surface area contributed by atoms with E-state index in [4.69, 9.17) is 9.47 Å². The van der Waals surface area contributed by atoms with Crippen molar-refractivity contribution in [3.63, 3.8) is 0 Å². The second-order valence-electron chi connectivity index (χ2n) is 4.96. The van der Waals surface area contributed by atoms with Gasteiger partial charge in [-0.25, -0.2) is 0 Å². The van der Waals surface area contributed by atoms with E-state index in [1.54, 1.807) is 37.3 Å². The molecule has 1 saturated heterocycles. The summed E-state index contributed by atoms with van der Waals surface area (Å²) in [5, 5.41) is 5.19. The van der Waals surface area contributed by atoms with E-state index in [1.165, 1.54) is 4.88 Å². The predicted octanol–water partition coefficient (Wildman–Crippen LogP) is 3.02. The number of thiophene rings is 1. The molecule has 22 heavy (non-hydrogen) atoms. The van der Waals surface area contributed by atoms with E-state index in [-0.39, 0.29) is 5.91 Å². The van der Waals surface area contributed by atoms with Gasteiger partial charge >= 0.3 is 0 Å². The number of carbonyl (C=O) groups excluding carboxylic acids is 1. The SMILES string of the molecule is COc1cccc(OC)c1C1(Cc2cccs2)NC(=O)CS1. The fourth-order valence-electron chi connectivity index (χ4n) is 2.71. The summed E-state index contributed by atoms with van der Waals surface area (Å²) in [5.41, 5.74) is 0.893. The van der Waals surface area contributed by atoms with Crippen molar-refractivity contribution in [1.29, 1.82) is 0 Å². The van der Waals surface area contributed by atoms with Gasteiger partial charge < -0.3 is 14.8 Å². The third-order valence-corrected chi connectivity index (χ3v) is 5.85.